The molecule has 0 unspecified atom stereocenters. The Balaban J connectivity index is 3.21. The van der Waals surface area contributed by atoms with E-state index in [1.165, 1.54) is 14.0 Å². The first kappa shape index (κ1) is 15.8. The van der Waals surface area contributed by atoms with Gasteiger partial charge in [-0.3, -0.25) is 10.1 Å². The maximum atomic E-state index is 12.1. The van der Waals surface area contributed by atoms with Crippen molar-refractivity contribution in [1.29, 1.82) is 0 Å². The molecule has 7 nitrogen and oxygen atoms in total. The highest BCUT2D eigenvalue weighted by atomic mass is 19.4. The van der Waals surface area contributed by atoms with Gasteiger partial charge in [0.1, 0.15) is 0 Å². The van der Waals surface area contributed by atoms with E-state index in [0.29, 0.717) is 0 Å². The van der Waals surface area contributed by atoms with Gasteiger partial charge in [0, 0.05) is 7.05 Å². The predicted octanol–water partition coefficient (Wildman–Crippen LogP) is 2.05. The van der Waals surface area contributed by atoms with Gasteiger partial charge in [-0.15, -0.1) is 0 Å². The fraction of sp³-hybridized carbons (Fsp3) is 0.500. The molecule has 0 aliphatic rings. The first-order valence-electron chi connectivity index (χ1n) is 5.37. The third-order valence-corrected chi connectivity index (χ3v) is 2.16. The molecule has 0 atom stereocenters. The van der Waals surface area contributed by atoms with E-state index in [0.717, 1.165) is 10.8 Å². The Bertz CT molecular complexity index is 524. The lowest BCUT2D eigenvalue weighted by Gasteiger charge is -2.10. The number of aromatic nitrogens is 1. The zero-order valence-electron chi connectivity index (χ0n) is 10.6. The fourth-order valence-corrected chi connectivity index (χ4v) is 1.45. The normalized spacial score (nSPS) is 11.2. The summed E-state index contributed by atoms with van der Waals surface area (Å²) < 4.78 is 46.4. The van der Waals surface area contributed by atoms with E-state index in [4.69, 9.17) is 0 Å². The molecule has 0 aromatic carbocycles. The van der Waals surface area contributed by atoms with Crippen molar-refractivity contribution >= 4 is 11.7 Å². The lowest BCUT2D eigenvalue weighted by atomic mass is 10.3. The highest BCUT2D eigenvalue weighted by molar-refractivity contribution is 5.92. The SMILES string of the molecule is CCOC(=O)c1c(OCC(F)(F)F)c([N+](=O)[O-])cn1C. The Morgan fingerprint density at radius 2 is 2.10 bits per heavy atom. The van der Waals surface area contributed by atoms with E-state index < -0.39 is 40.8 Å². The summed E-state index contributed by atoms with van der Waals surface area (Å²) in [4.78, 5) is 21.5. The van der Waals surface area contributed by atoms with Crippen molar-refractivity contribution in [3.05, 3.63) is 22.0 Å². The smallest absolute Gasteiger partial charge is 0.422 e. The molecule has 1 heterocycles. The highest BCUT2D eigenvalue weighted by Gasteiger charge is 2.34. The van der Waals surface area contributed by atoms with Crippen LogP contribution in [0.25, 0.3) is 0 Å². The number of nitrogens with zero attached hydrogens (tertiary/aromatic N) is 2. The molecule has 0 amide bonds. The van der Waals surface area contributed by atoms with E-state index in [-0.39, 0.29) is 6.61 Å². The number of alkyl halides is 3. The van der Waals surface area contributed by atoms with Gasteiger partial charge in [-0.2, -0.15) is 13.2 Å². The molecular weight excluding hydrogens is 285 g/mol. The van der Waals surface area contributed by atoms with Crippen LogP contribution in [0.15, 0.2) is 6.20 Å². The monoisotopic (exact) mass is 296 g/mol. The van der Waals surface area contributed by atoms with Crippen molar-refractivity contribution in [2.75, 3.05) is 13.2 Å². The van der Waals surface area contributed by atoms with E-state index in [1.807, 2.05) is 0 Å². The Morgan fingerprint density at radius 1 is 1.50 bits per heavy atom. The minimum absolute atomic E-state index is 0.0312. The van der Waals surface area contributed by atoms with Crippen LogP contribution in [0.3, 0.4) is 0 Å². The molecule has 1 aromatic heterocycles. The first-order valence-corrected chi connectivity index (χ1v) is 5.37. The van der Waals surface area contributed by atoms with Crippen molar-refractivity contribution in [3.63, 3.8) is 0 Å². The summed E-state index contributed by atoms with van der Waals surface area (Å²) in [6.45, 7) is -0.285. The quantitative estimate of drug-likeness (QED) is 0.471. The summed E-state index contributed by atoms with van der Waals surface area (Å²) in [5.41, 5.74) is -1.18. The topological polar surface area (TPSA) is 83.6 Å². The van der Waals surface area contributed by atoms with Gasteiger partial charge < -0.3 is 14.0 Å². The number of rotatable bonds is 5. The van der Waals surface area contributed by atoms with Gasteiger partial charge in [-0.05, 0) is 6.92 Å². The second-order valence-electron chi connectivity index (χ2n) is 3.68. The molecule has 1 aromatic rings. The summed E-state index contributed by atoms with van der Waals surface area (Å²) in [6.07, 6.45) is -3.80. The van der Waals surface area contributed by atoms with Gasteiger partial charge in [0.2, 0.25) is 5.75 Å². The van der Waals surface area contributed by atoms with Crippen molar-refractivity contribution in [2.45, 2.75) is 13.1 Å². The summed E-state index contributed by atoms with van der Waals surface area (Å²) in [5.74, 6) is -1.76. The second-order valence-corrected chi connectivity index (χ2v) is 3.68. The minimum atomic E-state index is -4.68. The Morgan fingerprint density at radius 3 is 2.55 bits per heavy atom. The number of hydrogen-bond acceptors (Lipinski definition) is 5. The minimum Gasteiger partial charge on any atom is -0.475 e. The highest BCUT2D eigenvalue weighted by Crippen LogP contribution is 2.34. The van der Waals surface area contributed by atoms with Gasteiger partial charge in [0.25, 0.3) is 0 Å². The Hall–Kier alpha value is -2.26. The van der Waals surface area contributed by atoms with Crippen LogP contribution in [0.2, 0.25) is 0 Å². The van der Waals surface area contributed by atoms with Crippen LogP contribution in [-0.2, 0) is 11.8 Å². The summed E-state index contributed by atoms with van der Waals surface area (Å²) >= 11 is 0. The molecule has 0 saturated heterocycles. The van der Waals surface area contributed by atoms with Crippen LogP contribution in [0, 0.1) is 10.1 Å². The molecule has 0 saturated carbocycles. The van der Waals surface area contributed by atoms with Crippen LogP contribution in [0.1, 0.15) is 17.4 Å². The van der Waals surface area contributed by atoms with Crippen molar-refractivity contribution in [2.24, 2.45) is 7.05 Å². The second kappa shape index (κ2) is 5.80. The zero-order chi connectivity index (χ0) is 15.5. The van der Waals surface area contributed by atoms with Crippen molar-refractivity contribution in [1.82, 2.24) is 4.57 Å². The zero-order valence-corrected chi connectivity index (χ0v) is 10.6. The number of esters is 1. The number of aryl methyl sites for hydroxylation is 1. The molecule has 0 N–H and O–H groups in total. The lowest BCUT2D eigenvalue weighted by Crippen LogP contribution is -2.21. The Labute approximate surface area is 111 Å². The van der Waals surface area contributed by atoms with Crippen LogP contribution in [-0.4, -0.2) is 34.8 Å². The number of nitro groups is 1. The average Bonchev–Trinajstić information content (AvgIpc) is 2.63. The number of halogens is 3. The molecule has 112 valence electrons. The molecule has 0 aliphatic heterocycles. The summed E-state index contributed by atoms with van der Waals surface area (Å²) in [7, 11) is 1.26. The molecule has 20 heavy (non-hydrogen) atoms. The molecule has 0 spiro atoms. The molecular formula is C10H11F3N2O5. The number of carbonyl (C=O) groups excluding carboxylic acids is 1. The fourth-order valence-electron chi connectivity index (χ4n) is 1.45. The molecule has 0 aliphatic carbocycles. The summed E-state index contributed by atoms with van der Waals surface area (Å²) in [5, 5.41) is 10.8. The third-order valence-electron chi connectivity index (χ3n) is 2.16. The Kier molecular flexibility index (Phi) is 4.58. The average molecular weight is 296 g/mol. The largest absolute Gasteiger partial charge is 0.475 e. The van der Waals surface area contributed by atoms with Crippen LogP contribution in [0.4, 0.5) is 18.9 Å². The van der Waals surface area contributed by atoms with Crippen molar-refractivity contribution < 1.29 is 32.4 Å². The maximum absolute atomic E-state index is 12.1. The molecule has 1 rings (SSSR count). The van der Waals surface area contributed by atoms with Gasteiger partial charge in [-0.25, -0.2) is 4.79 Å². The van der Waals surface area contributed by atoms with Crippen LogP contribution in [0.5, 0.6) is 5.75 Å². The van der Waals surface area contributed by atoms with Gasteiger partial charge in [0.15, 0.2) is 12.3 Å². The number of ether oxygens (including phenoxy) is 2. The van der Waals surface area contributed by atoms with E-state index in [2.05, 4.69) is 9.47 Å². The van der Waals surface area contributed by atoms with Gasteiger partial charge in [0.05, 0.1) is 17.7 Å². The number of carbonyl (C=O) groups is 1. The van der Waals surface area contributed by atoms with E-state index >= 15 is 0 Å². The first-order chi connectivity index (χ1) is 9.17. The van der Waals surface area contributed by atoms with Crippen molar-refractivity contribution in [3.8, 4) is 5.75 Å². The standard InChI is InChI=1S/C10H11F3N2O5/c1-3-19-9(16)7-8(20-5-10(11,12)13)6(15(17)18)4-14(7)2/h4H,3,5H2,1-2H3. The predicted molar refractivity (Wildman–Crippen MR) is 59.6 cm³/mol. The molecule has 10 heteroatoms. The third kappa shape index (κ3) is 3.62. The number of hydrogen-bond donors (Lipinski definition) is 0. The van der Waals surface area contributed by atoms with E-state index in [1.54, 1.807) is 0 Å². The van der Waals surface area contributed by atoms with Gasteiger partial charge >= 0.3 is 17.8 Å². The van der Waals surface area contributed by atoms with E-state index in [9.17, 15) is 28.1 Å². The van der Waals surface area contributed by atoms with Crippen LogP contribution < -0.4 is 4.74 Å². The molecule has 0 fully saturated rings. The summed E-state index contributed by atoms with van der Waals surface area (Å²) in [6, 6.07) is 0. The van der Waals surface area contributed by atoms with Gasteiger partial charge in [-0.1, -0.05) is 0 Å². The van der Waals surface area contributed by atoms with Crippen LogP contribution >= 0.6 is 0 Å². The lowest BCUT2D eigenvalue weighted by molar-refractivity contribution is -0.386. The maximum Gasteiger partial charge on any atom is 0.422 e. The molecule has 0 radical (unpaired) electrons. The molecule has 0 bridgehead atoms.